The molecule has 154 valence electrons. The van der Waals surface area contributed by atoms with Gasteiger partial charge in [-0.25, -0.2) is 4.98 Å². The van der Waals surface area contributed by atoms with Gasteiger partial charge in [0.15, 0.2) is 21.7 Å². The van der Waals surface area contributed by atoms with Crippen LogP contribution in [0.1, 0.15) is 20.8 Å². The van der Waals surface area contributed by atoms with Crippen molar-refractivity contribution in [1.29, 1.82) is 0 Å². The van der Waals surface area contributed by atoms with E-state index < -0.39 is 5.91 Å². The van der Waals surface area contributed by atoms with Gasteiger partial charge in [-0.1, -0.05) is 24.3 Å². The maximum atomic E-state index is 12.7. The summed E-state index contributed by atoms with van der Waals surface area (Å²) in [7, 11) is 4.49. The lowest BCUT2D eigenvalue weighted by atomic mass is 10.1. The number of nitrogens with one attached hydrogen (secondary N) is 2. The maximum Gasteiger partial charge on any atom is 0.257 e. The summed E-state index contributed by atoms with van der Waals surface area (Å²) in [5.74, 6) is 0.780. The molecule has 1 aliphatic rings. The van der Waals surface area contributed by atoms with Crippen molar-refractivity contribution in [3.63, 3.8) is 0 Å². The Balaban J connectivity index is 1.47. The Labute approximate surface area is 183 Å². The predicted octanol–water partition coefficient (Wildman–Crippen LogP) is 3.87. The molecule has 2 aromatic carbocycles. The summed E-state index contributed by atoms with van der Waals surface area (Å²) in [4.78, 5) is 18.5. The zero-order chi connectivity index (χ0) is 21.3. The summed E-state index contributed by atoms with van der Waals surface area (Å²) >= 11 is 6.83. The van der Waals surface area contributed by atoms with E-state index in [4.69, 9.17) is 26.4 Å². The van der Waals surface area contributed by atoms with Crippen molar-refractivity contribution in [3.8, 4) is 28.5 Å². The normalized spacial score (nSPS) is 11.3. The number of fused-ring (bicyclic) bond motifs is 3. The quantitative estimate of drug-likeness (QED) is 0.455. The van der Waals surface area contributed by atoms with E-state index in [2.05, 4.69) is 27.8 Å². The number of aromatic nitrogens is 1. The van der Waals surface area contributed by atoms with Crippen molar-refractivity contribution in [1.82, 2.24) is 10.3 Å². The third-order valence-corrected chi connectivity index (χ3v) is 5.87. The molecule has 4 rings (SSSR count). The number of hydrogen-bond donors (Lipinski definition) is 2. The van der Waals surface area contributed by atoms with Crippen molar-refractivity contribution in [2.45, 2.75) is 6.42 Å². The number of amides is 1. The first-order valence-electron chi connectivity index (χ1n) is 9.04. The van der Waals surface area contributed by atoms with Gasteiger partial charge in [0.25, 0.3) is 5.91 Å². The highest BCUT2D eigenvalue weighted by atomic mass is 32.1. The summed E-state index contributed by atoms with van der Waals surface area (Å²) in [5.41, 5.74) is 3.71. The largest absolute Gasteiger partial charge is 0.493 e. The molecule has 0 saturated carbocycles. The third kappa shape index (κ3) is 3.69. The summed E-state index contributed by atoms with van der Waals surface area (Å²) in [5, 5.41) is 6.47. The van der Waals surface area contributed by atoms with Gasteiger partial charge in [-0.15, -0.1) is 11.3 Å². The Morgan fingerprint density at radius 3 is 2.47 bits per heavy atom. The first kappa shape index (κ1) is 20.1. The van der Waals surface area contributed by atoms with Crippen molar-refractivity contribution in [3.05, 3.63) is 52.4 Å². The van der Waals surface area contributed by atoms with E-state index in [0.29, 0.717) is 27.9 Å². The lowest BCUT2D eigenvalue weighted by Gasteiger charge is -2.14. The Kier molecular flexibility index (Phi) is 5.56. The van der Waals surface area contributed by atoms with Crippen LogP contribution in [0.4, 0.5) is 5.13 Å². The van der Waals surface area contributed by atoms with Gasteiger partial charge in [0.05, 0.1) is 27.0 Å². The van der Waals surface area contributed by atoms with Gasteiger partial charge in [-0.05, 0) is 29.9 Å². The molecule has 0 unspecified atom stereocenters. The molecule has 1 aliphatic carbocycles. The standard InChI is InChI=1S/C21H19N3O4S2/c1-26-14-8-12(9-15(27-2)18(14)28-3)19(25)23-20(29)24-21-22-17-13-7-5-4-6-11(13)10-16(17)30-21/h4-9H,10H2,1-3H3,(H2,22,23,24,25,29). The van der Waals surface area contributed by atoms with E-state index in [0.717, 1.165) is 17.7 Å². The van der Waals surface area contributed by atoms with Crippen LogP contribution in [-0.4, -0.2) is 37.3 Å². The second-order valence-corrected chi connectivity index (χ2v) is 7.94. The van der Waals surface area contributed by atoms with Gasteiger partial charge in [0.2, 0.25) is 5.75 Å². The van der Waals surface area contributed by atoms with Gasteiger partial charge >= 0.3 is 0 Å². The number of nitrogens with zero attached hydrogens (tertiary/aromatic N) is 1. The van der Waals surface area contributed by atoms with Crippen LogP contribution in [0.5, 0.6) is 17.2 Å². The van der Waals surface area contributed by atoms with E-state index in [9.17, 15) is 4.79 Å². The molecule has 0 aliphatic heterocycles. The van der Waals surface area contributed by atoms with Crippen LogP contribution in [-0.2, 0) is 6.42 Å². The first-order valence-corrected chi connectivity index (χ1v) is 10.3. The van der Waals surface area contributed by atoms with Crippen LogP contribution in [0.25, 0.3) is 11.3 Å². The van der Waals surface area contributed by atoms with Crippen LogP contribution in [0.3, 0.4) is 0 Å². The number of ether oxygens (including phenoxy) is 3. The average molecular weight is 442 g/mol. The number of rotatable bonds is 5. The molecule has 0 atom stereocenters. The molecule has 0 saturated heterocycles. The Bertz CT molecular complexity index is 1120. The molecule has 1 heterocycles. The van der Waals surface area contributed by atoms with Crippen molar-refractivity contribution in [2.24, 2.45) is 0 Å². The van der Waals surface area contributed by atoms with E-state index in [1.165, 1.54) is 43.1 Å². The van der Waals surface area contributed by atoms with Crippen LogP contribution < -0.4 is 24.8 Å². The van der Waals surface area contributed by atoms with Gasteiger partial charge in [-0.2, -0.15) is 0 Å². The SMILES string of the molecule is COc1cc(C(=O)NC(=S)Nc2nc3c(s2)Cc2ccccc2-3)cc(OC)c1OC. The summed E-state index contributed by atoms with van der Waals surface area (Å²) in [6.45, 7) is 0. The summed E-state index contributed by atoms with van der Waals surface area (Å²) in [6, 6.07) is 11.3. The Morgan fingerprint density at radius 1 is 1.10 bits per heavy atom. The molecule has 0 radical (unpaired) electrons. The average Bonchev–Trinajstić information content (AvgIpc) is 3.29. The highest BCUT2D eigenvalue weighted by Gasteiger charge is 2.23. The van der Waals surface area contributed by atoms with Gasteiger partial charge in [0.1, 0.15) is 0 Å². The number of carbonyl (C=O) groups is 1. The molecule has 1 aromatic heterocycles. The molecule has 0 bridgehead atoms. The number of anilines is 1. The number of thiocarbonyl (C=S) groups is 1. The lowest BCUT2D eigenvalue weighted by molar-refractivity contribution is 0.0977. The minimum absolute atomic E-state index is 0.162. The minimum atomic E-state index is -0.402. The van der Waals surface area contributed by atoms with E-state index in [1.807, 2.05) is 12.1 Å². The van der Waals surface area contributed by atoms with E-state index >= 15 is 0 Å². The lowest BCUT2D eigenvalue weighted by Crippen LogP contribution is -2.34. The topological polar surface area (TPSA) is 81.7 Å². The smallest absolute Gasteiger partial charge is 0.257 e. The second kappa shape index (κ2) is 8.29. The Hall–Kier alpha value is -3.17. The van der Waals surface area contributed by atoms with Crippen LogP contribution >= 0.6 is 23.6 Å². The van der Waals surface area contributed by atoms with Crippen molar-refractivity contribution < 1.29 is 19.0 Å². The summed E-state index contributed by atoms with van der Waals surface area (Å²) < 4.78 is 15.9. The zero-order valence-corrected chi connectivity index (χ0v) is 18.2. The number of hydrogen-bond acceptors (Lipinski definition) is 7. The molecule has 1 amide bonds. The molecule has 9 heteroatoms. The van der Waals surface area contributed by atoms with Crippen molar-refractivity contribution >= 4 is 39.7 Å². The van der Waals surface area contributed by atoms with Crippen LogP contribution in [0, 0.1) is 0 Å². The van der Waals surface area contributed by atoms with E-state index in [1.54, 1.807) is 12.1 Å². The molecule has 30 heavy (non-hydrogen) atoms. The molecule has 3 aromatic rings. The third-order valence-electron chi connectivity index (χ3n) is 4.70. The fraction of sp³-hybridized carbons (Fsp3) is 0.190. The van der Waals surface area contributed by atoms with Crippen LogP contribution in [0.2, 0.25) is 0 Å². The summed E-state index contributed by atoms with van der Waals surface area (Å²) in [6.07, 6.45) is 0.857. The maximum absolute atomic E-state index is 12.7. The zero-order valence-electron chi connectivity index (χ0n) is 16.6. The molecule has 0 fully saturated rings. The molecule has 2 N–H and O–H groups in total. The molecular formula is C21H19N3O4S2. The fourth-order valence-electron chi connectivity index (χ4n) is 3.33. The minimum Gasteiger partial charge on any atom is -0.493 e. The second-order valence-electron chi connectivity index (χ2n) is 6.45. The molecule has 0 spiro atoms. The van der Waals surface area contributed by atoms with Crippen LogP contribution in [0.15, 0.2) is 36.4 Å². The number of thiazole rings is 1. The van der Waals surface area contributed by atoms with Gasteiger partial charge < -0.3 is 19.5 Å². The number of benzene rings is 2. The fourth-order valence-corrected chi connectivity index (χ4v) is 4.59. The predicted molar refractivity (Wildman–Crippen MR) is 120 cm³/mol. The van der Waals surface area contributed by atoms with Gasteiger partial charge in [0, 0.05) is 22.4 Å². The number of methoxy groups -OCH3 is 3. The van der Waals surface area contributed by atoms with Gasteiger partial charge in [-0.3, -0.25) is 10.1 Å². The highest BCUT2D eigenvalue weighted by Crippen LogP contribution is 2.41. The molecule has 7 nitrogen and oxygen atoms in total. The number of carbonyl (C=O) groups excluding carboxylic acids is 1. The highest BCUT2D eigenvalue weighted by molar-refractivity contribution is 7.80. The molecular weight excluding hydrogens is 422 g/mol. The Morgan fingerprint density at radius 2 is 1.80 bits per heavy atom. The first-order chi connectivity index (χ1) is 14.5. The monoisotopic (exact) mass is 441 g/mol. The van der Waals surface area contributed by atoms with Crippen molar-refractivity contribution in [2.75, 3.05) is 26.6 Å². The van der Waals surface area contributed by atoms with E-state index in [-0.39, 0.29) is 5.11 Å².